The Bertz CT molecular complexity index is 1780. The lowest BCUT2D eigenvalue weighted by atomic mass is 10.1. The van der Waals surface area contributed by atoms with Crippen LogP contribution in [0, 0.1) is 34.9 Å². The highest BCUT2D eigenvalue weighted by molar-refractivity contribution is 5.80. The summed E-state index contributed by atoms with van der Waals surface area (Å²) in [7, 11) is 0. The number of benzene rings is 2. The van der Waals surface area contributed by atoms with Crippen LogP contribution in [0.15, 0.2) is 12.1 Å². The minimum atomic E-state index is -1.67. The van der Waals surface area contributed by atoms with E-state index in [0.29, 0.717) is 0 Å². The van der Waals surface area contributed by atoms with E-state index in [0.717, 1.165) is 23.6 Å². The molecule has 1 aliphatic rings. The molecule has 250 valence electrons. The molecule has 2 aromatic carbocycles. The minimum absolute atomic E-state index is 0.0433. The largest absolute Gasteiger partial charge is 0.456 e. The lowest BCUT2D eigenvalue weighted by Gasteiger charge is -2.25. The Hall–Kier alpha value is -4.54. The number of anilines is 2. The minimum Gasteiger partial charge on any atom is -0.456 e. The number of ether oxygens (including phenoxy) is 3. The van der Waals surface area contributed by atoms with Gasteiger partial charge in [-0.05, 0) is 34.6 Å². The first-order valence-corrected chi connectivity index (χ1v) is 14.1. The van der Waals surface area contributed by atoms with Gasteiger partial charge in [0.2, 0.25) is 11.9 Å². The maximum Gasteiger partial charge on any atom is 0.303 e. The number of aromatic nitrogens is 4. The van der Waals surface area contributed by atoms with E-state index in [2.05, 4.69) is 25.6 Å². The van der Waals surface area contributed by atoms with Gasteiger partial charge in [0, 0.05) is 38.1 Å². The standard InChI is InChI=1S/C19H22F3N3O5.C10H10F3N3/c1-7(2)23-19-24-12-6-11(20)13(21)14(22)15(12)25(19)18-17(30-10(5)27)16(8(3)28-18)29-9(4)26;1-4(2)14-10-15-6-3-5(11)7(12)8(13)9(6)16-10/h6-8,16-18H,1-5H3,(H,23,24);3-4H,1-2H3,(H2,14,15,16)/t8-,16-,17-,18-;/m1./s1. The zero-order chi connectivity index (χ0) is 34.2. The second-order valence-corrected chi connectivity index (χ2v) is 11.1. The number of esters is 2. The molecule has 0 amide bonds. The topological polar surface area (TPSA) is 132 Å². The van der Waals surface area contributed by atoms with Crippen molar-refractivity contribution in [2.24, 2.45) is 0 Å². The quantitative estimate of drug-likeness (QED) is 0.127. The average molecular weight is 659 g/mol. The monoisotopic (exact) mass is 658 g/mol. The first kappa shape index (κ1) is 34.3. The molecular formula is C29H32F6N6O5. The number of nitrogens with one attached hydrogen (secondary N) is 3. The van der Waals surface area contributed by atoms with Crippen LogP contribution >= 0.6 is 0 Å². The molecule has 5 rings (SSSR count). The summed E-state index contributed by atoms with van der Waals surface area (Å²) in [6.07, 6.45) is -4.16. The molecule has 0 unspecified atom stereocenters. The van der Waals surface area contributed by atoms with Crippen molar-refractivity contribution in [3.05, 3.63) is 47.0 Å². The number of hydrogen-bond acceptors (Lipinski definition) is 9. The summed E-state index contributed by atoms with van der Waals surface area (Å²) in [6, 6.07) is 1.54. The molecule has 0 aliphatic carbocycles. The molecule has 3 N–H and O–H groups in total. The fourth-order valence-corrected chi connectivity index (χ4v) is 4.85. The smallest absolute Gasteiger partial charge is 0.303 e. The Morgan fingerprint density at radius 1 is 0.848 bits per heavy atom. The molecule has 0 spiro atoms. The highest BCUT2D eigenvalue weighted by atomic mass is 19.2. The molecule has 2 aromatic heterocycles. The Kier molecular flexibility index (Phi) is 10.0. The number of halogens is 6. The van der Waals surface area contributed by atoms with Crippen molar-refractivity contribution < 1.29 is 50.1 Å². The van der Waals surface area contributed by atoms with Crippen molar-refractivity contribution in [2.45, 2.75) is 85.1 Å². The third-order valence-electron chi connectivity index (χ3n) is 6.55. The number of hydrogen-bond donors (Lipinski definition) is 3. The number of rotatable bonds is 7. The molecule has 17 heteroatoms. The Labute approximate surface area is 258 Å². The van der Waals surface area contributed by atoms with Crippen molar-refractivity contribution in [3.63, 3.8) is 0 Å². The molecule has 1 fully saturated rings. The molecule has 4 atom stereocenters. The average Bonchev–Trinajstić information content (AvgIpc) is 3.59. The fraction of sp³-hybridized carbons (Fsp3) is 0.448. The van der Waals surface area contributed by atoms with Crippen LogP contribution in [-0.4, -0.2) is 61.9 Å². The van der Waals surface area contributed by atoms with Crippen LogP contribution < -0.4 is 10.6 Å². The Morgan fingerprint density at radius 3 is 2.00 bits per heavy atom. The molecule has 4 aromatic rings. The van der Waals surface area contributed by atoms with Gasteiger partial charge in [0.15, 0.2) is 53.3 Å². The number of carbonyl (C=O) groups excluding carboxylic acids is 2. The highest BCUT2D eigenvalue weighted by Gasteiger charge is 2.49. The summed E-state index contributed by atoms with van der Waals surface area (Å²) in [5.41, 5.74) is -0.625. The molecule has 46 heavy (non-hydrogen) atoms. The van der Waals surface area contributed by atoms with E-state index < -0.39 is 71.4 Å². The van der Waals surface area contributed by atoms with Gasteiger partial charge in [0.1, 0.15) is 11.0 Å². The summed E-state index contributed by atoms with van der Waals surface area (Å²) >= 11 is 0. The number of carbonyl (C=O) groups is 2. The van der Waals surface area contributed by atoms with Gasteiger partial charge >= 0.3 is 11.9 Å². The summed E-state index contributed by atoms with van der Waals surface area (Å²) in [5, 5.41) is 5.84. The fourth-order valence-electron chi connectivity index (χ4n) is 4.85. The van der Waals surface area contributed by atoms with Gasteiger partial charge < -0.3 is 29.8 Å². The van der Waals surface area contributed by atoms with Crippen molar-refractivity contribution in [1.82, 2.24) is 19.5 Å². The zero-order valence-corrected chi connectivity index (χ0v) is 25.8. The summed E-state index contributed by atoms with van der Waals surface area (Å²) in [6.45, 7) is 11.2. The molecule has 1 aliphatic heterocycles. The van der Waals surface area contributed by atoms with Crippen LogP contribution in [0.4, 0.5) is 38.2 Å². The van der Waals surface area contributed by atoms with Gasteiger partial charge in [0.25, 0.3) is 0 Å². The zero-order valence-electron chi connectivity index (χ0n) is 25.8. The normalized spacial score (nSPS) is 19.5. The van der Waals surface area contributed by atoms with Crippen molar-refractivity contribution in [2.75, 3.05) is 10.6 Å². The third kappa shape index (κ3) is 6.98. The predicted octanol–water partition coefficient (Wildman–Crippen LogP) is 5.86. The second kappa shape index (κ2) is 13.4. The van der Waals surface area contributed by atoms with Crippen LogP contribution in [0.1, 0.15) is 54.7 Å². The molecule has 11 nitrogen and oxygen atoms in total. The van der Waals surface area contributed by atoms with Gasteiger partial charge in [-0.3, -0.25) is 14.2 Å². The maximum absolute atomic E-state index is 14.8. The van der Waals surface area contributed by atoms with Crippen molar-refractivity contribution in [1.29, 1.82) is 0 Å². The molecule has 1 saturated heterocycles. The number of nitrogens with zero attached hydrogens (tertiary/aromatic N) is 3. The Morgan fingerprint density at radius 2 is 1.41 bits per heavy atom. The van der Waals surface area contributed by atoms with Crippen LogP contribution in [0.3, 0.4) is 0 Å². The van der Waals surface area contributed by atoms with E-state index in [1.165, 1.54) is 6.92 Å². The van der Waals surface area contributed by atoms with Crippen LogP contribution in [0.25, 0.3) is 22.1 Å². The third-order valence-corrected chi connectivity index (χ3v) is 6.55. The van der Waals surface area contributed by atoms with E-state index >= 15 is 0 Å². The first-order valence-electron chi connectivity index (χ1n) is 14.1. The van der Waals surface area contributed by atoms with Crippen molar-refractivity contribution in [3.8, 4) is 0 Å². The van der Waals surface area contributed by atoms with Gasteiger partial charge in [0.05, 0.1) is 17.1 Å². The maximum atomic E-state index is 14.8. The Balaban J connectivity index is 0.000000252. The van der Waals surface area contributed by atoms with E-state index in [1.807, 2.05) is 13.8 Å². The van der Waals surface area contributed by atoms with Gasteiger partial charge in [-0.15, -0.1) is 0 Å². The first-order chi connectivity index (χ1) is 21.5. The van der Waals surface area contributed by atoms with Crippen molar-refractivity contribution >= 4 is 45.9 Å². The molecule has 0 radical (unpaired) electrons. The lowest BCUT2D eigenvalue weighted by Crippen LogP contribution is -2.38. The molecular weight excluding hydrogens is 626 g/mol. The van der Waals surface area contributed by atoms with E-state index in [9.17, 15) is 35.9 Å². The number of fused-ring (bicyclic) bond motifs is 2. The molecule has 3 heterocycles. The van der Waals surface area contributed by atoms with Crippen LogP contribution in [0.5, 0.6) is 0 Å². The van der Waals surface area contributed by atoms with Crippen LogP contribution in [0.2, 0.25) is 0 Å². The summed E-state index contributed by atoms with van der Waals surface area (Å²) < 4.78 is 99.2. The van der Waals surface area contributed by atoms with E-state index in [4.69, 9.17) is 14.2 Å². The highest BCUT2D eigenvalue weighted by Crippen LogP contribution is 2.39. The van der Waals surface area contributed by atoms with Gasteiger partial charge in [-0.2, -0.15) is 0 Å². The van der Waals surface area contributed by atoms with Crippen LogP contribution in [-0.2, 0) is 23.8 Å². The predicted molar refractivity (Wildman–Crippen MR) is 154 cm³/mol. The molecule has 0 bridgehead atoms. The van der Waals surface area contributed by atoms with E-state index in [1.54, 1.807) is 20.8 Å². The summed E-state index contributed by atoms with van der Waals surface area (Å²) in [4.78, 5) is 33.9. The van der Waals surface area contributed by atoms with Gasteiger partial charge in [-0.25, -0.2) is 36.3 Å². The number of H-pyrrole nitrogens is 1. The lowest BCUT2D eigenvalue weighted by molar-refractivity contribution is -0.165. The SMILES string of the molecule is CC(=O)O[C@@H]1[C@H](OC(C)=O)[C@@H](C)O[C@H]1n1c(NC(C)C)nc2cc(F)c(F)c(F)c21.CC(C)Nc1nc2c(F)c(F)c(F)cc2[nH]1. The molecule has 0 saturated carbocycles. The van der Waals surface area contributed by atoms with Gasteiger partial charge in [-0.1, -0.05) is 0 Å². The van der Waals surface area contributed by atoms with E-state index in [-0.39, 0.29) is 46.0 Å². The number of imidazole rings is 2. The number of aromatic amines is 1. The second-order valence-electron chi connectivity index (χ2n) is 11.1. The summed E-state index contributed by atoms with van der Waals surface area (Å²) in [5.74, 6) is -9.55.